The molecule has 1 aromatic heterocycles. The zero-order valence-electron chi connectivity index (χ0n) is 12.9. The largest absolute Gasteiger partial charge is 0.387 e. The van der Waals surface area contributed by atoms with E-state index >= 15 is 0 Å². The predicted octanol–water partition coefficient (Wildman–Crippen LogP) is 3.16. The minimum atomic E-state index is -0.660. The van der Waals surface area contributed by atoms with Crippen molar-refractivity contribution in [1.29, 1.82) is 5.26 Å². The summed E-state index contributed by atoms with van der Waals surface area (Å²) < 4.78 is 0. The van der Waals surface area contributed by atoms with E-state index in [1.807, 2.05) is 48.5 Å². The number of nitrogens with zero attached hydrogens (tertiary/aromatic N) is 3. The summed E-state index contributed by atoms with van der Waals surface area (Å²) in [4.78, 5) is 0. The molecule has 24 heavy (non-hydrogen) atoms. The van der Waals surface area contributed by atoms with E-state index in [9.17, 15) is 5.11 Å². The van der Waals surface area contributed by atoms with Gasteiger partial charge in [0.1, 0.15) is 11.9 Å². The van der Waals surface area contributed by atoms with Crippen molar-refractivity contribution >= 4 is 5.82 Å². The number of nitrogens with one attached hydrogen (secondary N) is 1. The number of anilines is 1. The van der Waals surface area contributed by atoms with Gasteiger partial charge >= 0.3 is 0 Å². The molecule has 3 rings (SSSR count). The molecule has 0 aliphatic heterocycles. The van der Waals surface area contributed by atoms with E-state index in [1.54, 1.807) is 12.1 Å². The fourth-order valence-corrected chi connectivity index (χ4v) is 2.33. The van der Waals surface area contributed by atoms with Gasteiger partial charge in [0.15, 0.2) is 5.69 Å². The number of hydrogen-bond acceptors (Lipinski definition) is 5. The maximum Gasteiger partial charge on any atom is 0.163 e. The van der Waals surface area contributed by atoms with E-state index in [-0.39, 0.29) is 5.69 Å². The van der Waals surface area contributed by atoms with Crippen molar-refractivity contribution < 1.29 is 5.11 Å². The Labute approximate surface area is 140 Å². The first kappa shape index (κ1) is 15.7. The van der Waals surface area contributed by atoms with Crippen LogP contribution in [0, 0.1) is 11.3 Å². The molecule has 0 fully saturated rings. The second kappa shape index (κ2) is 7.36. The molecule has 2 aromatic carbocycles. The molecule has 5 nitrogen and oxygen atoms in total. The smallest absolute Gasteiger partial charge is 0.163 e. The van der Waals surface area contributed by atoms with Crippen LogP contribution >= 0.6 is 0 Å². The molecular formula is C19H16N4O. The first-order valence-electron chi connectivity index (χ1n) is 7.57. The SMILES string of the molecule is N#Cc1ccc(NCC(O)c2ccc(-c3ccccc3)cc2)nn1. The van der Waals surface area contributed by atoms with Gasteiger partial charge in [0.05, 0.1) is 6.10 Å². The third-order valence-electron chi connectivity index (χ3n) is 3.66. The Morgan fingerprint density at radius 2 is 1.62 bits per heavy atom. The number of nitriles is 1. The summed E-state index contributed by atoms with van der Waals surface area (Å²) in [6.45, 7) is 0.311. The van der Waals surface area contributed by atoms with E-state index < -0.39 is 6.10 Å². The van der Waals surface area contributed by atoms with Gasteiger partial charge in [-0.2, -0.15) is 5.26 Å². The highest BCUT2D eigenvalue weighted by Gasteiger charge is 2.08. The lowest BCUT2D eigenvalue weighted by Gasteiger charge is -2.13. The number of rotatable bonds is 5. The average Bonchev–Trinajstić information content (AvgIpc) is 2.67. The Kier molecular flexibility index (Phi) is 4.80. The van der Waals surface area contributed by atoms with Crippen molar-refractivity contribution in [3.63, 3.8) is 0 Å². The van der Waals surface area contributed by atoms with Gasteiger partial charge in [-0.05, 0) is 28.8 Å². The van der Waals surface area contributed by atoms with Gasteiger partial charge < -0.3 is 10.4 Å². The van der Waals surface area contributed by atoms with Gasteiger partial charge in [0.25, 0.3) is 0 Å². The van der Waals surface area contributed by atoms with Crippen LogP contribution in [0.4, 0.5) is 5.82 Å². The first-order valence-corrected chi connectivity index (χ1v) is 7.57. The van der Waals surface area contributed by atoms with Crippen LogP contribution in [-0.4, -0.2) is 21.8 Å². The molecular weight excluding hydrogens is 300 g/mol. The maximum absolute atomic E-state index is 10.3. The van der Waals surface area contributed by atoms with Gasteiger partial charge in [-0.15, -0.1) is 10.2 Å². The predicted molar refractivity (Wildman–Crippen MR) is 92.1 cm³/mol. The number of aliphatic hydroxyl groups excluding tert-OH is 1. The van der Waals surface area contributed by atoms with Crippen molar-refractivity contribution in [3.05, 3.63) is 78.0 Å². The molecule has 0 saturated heterocycles. The Morgan fingerprint density at radius 1 is 0.917 bits per heavy atom. The molecule has 0 aliphatic rings. The summed E-state index contributed by atoms with van der Waals surface area (Å²) in [5, 5.41) is 29.6. The van der Waals surface area contributed by atoms with Crippen LogP contribution in [0.25, 0.3) is 11.1 Å². The van der Waals surface area contributed by atoms with Crippen molar-refractivity contribution in [1.82, 2.24) is 10.2 Å². The molecule has 0 amide bonds. The van der Waals surface area contributed by atoms with Gasteiger partial charge in [-0.25, -0.2) is 0 Å². The molecule has 3 aromatic rings. The molecule has 0 bridgehead atoms. The number of aliphatic hydroxyl groups is 1. The summed E-state index contributed by atoms with van der Waals surface area (Å²) >= 11 is 0. The molecule has 0 saturated carbocycles. The zero-order chi connectivity index (χ0) is 16.8. The van der Waals surface area contributed by atoms with Crippen LogP contribution < -0.4 is 5.32 Å². The first-order chi connectivity index (χ1) is 11.8. The molecule has 0 radical (unpaired) electrons. The van der Waals surface area contributed by atoms with Crippen LogP contribution in [0.3, 0.4) is 0 Å². The normalized spacial score (nSPS) is 11.5. The molecule has 118 valence electrons. The lowest BCUT2D eigenvalue weighted by Crippen LogP contribution is -2.13. The fraction of sp³-hybridized carbons (Fsp3) is 0.105. The highest BCUT2D eigenvalue weighted by Crippen LogP contribution is 2.22. The highest BCUT2D eigenvalue weighted by molar-refractivity contribution is 5.63. The second-order valence-corrected chi connectivity index (χ2v) is 5.30. The van der Waals surface area contributed by atoms with E-state index in [4.69, 9.17) is 5.26 Å². The van der Waals surface area contributed by atoms with Crippen LogP contribution in [0.5, 0.6) is 0 Å². The maximum atomic E-state index is 10.3. The fourth-order valence-electron chi connectivity index (χ4n) is 2.33. The van der Waals surface area contributed by atoms with Crippen molar-refractivity contribution in [2.45, 2.75) is 6.10 Å². The van der Waals surface area contributed by atoms with E-state index in [0.29, 0.717) is 12.4 Å². The molecule has 0 aliphatic carbocycles. The zero-order valence-corrected chi connectivity index (χ0v) is 12.9. The summed E-state index contributed by atoms with van der Waals surface area (Å²) in [6.07, 6.45) is -0.660. The van der Waals surface area contributed by atoms with E-state index in [2.05, 4.69) is 27.6 Å². The summed E-state index contributed by atoms with van der Waals surface area (Å²) in [5.74, 6) is 0.522. The van der Waals surface area contributed by atoms with Gasteiger partial charge in [-0.1, -0.05) is 54.6 Å². The highest BCUT2D eigenvalue weighted by atomic mass is 16.3. The lowest BCUT2D eigenvalue weighted by molar-refractivity contribution is 0.191. The molecule has 2 N–H and O–H groups in total. The van der Waals surface area contributed by atoms with Gasteiger partial charge in [-0.3, -0.25) is 0 Å². The standard InChI is InChI=1S/C19H16N4O/c20-12-17-10-11-19(23-22-17)21-13-18(24)16-8-6-15(7-9-16)14-4-2-1-3-5-14/h1-11,18,24H,13H2,(H,21,23). The third kappa shape index (κ3) is 3.75. The van der Waals surface area contributed by atoms with Crippen LogP contribution in [0.1, 0.15) is 17.4 Å². The van der Waals surface area contributed by atoms with Crippen LogP contribution in [-0.2, 0) is 0 Å². The Morgan fingerprint density at radius 3 is 2.25 bits per heavy atom. The van der Waals surface area contributed by atoms with Crippen molar-refractivity contribution in [2.75, 3.05) is 11.9 Å². The van der Waals surface area contributed by atoms with E-state index in [0.717, 1.165) is 16.7 Å². The van der Waals surface area contributed by atoms with Crippen LogP contribution in [0.15, 0.2) is 66.7 Å². The minimum absolute atomic E-state index is 0.262. The third-order valence-corrected chi connectivity index (χ3v) is 3.66. The number of hydrogen-bond donors (Lipinski definition) is 2. The monoisotopic (exact) mass is 316 g/mol. The quantitative estimate of drug-likeness (QED) is 0.755. The molecule has 1 unspecified atom stereocenters. The number of benzene rings is 2. The van der Waals surface area contributed by atoms with Gasteiger partial charge in [0, 0.05) is 6.54 Å². The Balaban J connectivity index is 1.62. The van der Waals surface area contributed by atoms with Crippen LogP contribution in [0.2, 0.25) is 0 Å². The van der Waals surface area contributed by atoms with E-state index in [1.165, 1.54) is 0 Å². The Hall–Kier alpha value is -3.23. The average molecular weight is 316 g/mol. The second-order valence-electron chi connectivity index (χ2n) is 5.30. The minimum Gasteiger partial charge on any atom is -0.387 e. The molecule has 0 spiro atoms. The molecule has 1 atom stereocenters. The molecule has 1 heterocycles. The Bertz CT molecular complexity index is 824. The molecule has 5 heteroatoms. The van der Waals surface area contributed by atoms with Gasteiger partial charge in [0.2, 0.25) is 0 Å². The lowest BCUT2D eigenvalue weighted by atomic mass is 10.0. The summed E-state index contributed by atoms with van der Waals surface area (Å²) in [6, 6.07) is 23.1. The van der Waals surface area contributed by atoms with Crippen molar-refractivity contribution in [3.8, 4) is 17.2 Å². The number of aromatic nitrogens is 2. The summed E-state index contributed by atoms with van der Waals surface area (Å²) in [7, 11) is 0. The van der Waals surface area contributed by atoms with Crippen molar-refractivity contribution in [2.24, 2.45) is 0 Å². The topological polar surface area (TPSA) is 81.8 Å². The summed E-state index contributed by atoms with van der Waals surface area (Å²) in [5.41, 5.74) is 3.34.